The van der Waals surface area contributed by atoms with Gasteiger partial charge in [0.1, 0.15) is 13.2 Å². The highest BCUT2D eigenvalue weighted by Gasteiger charge is 2.37. The number of carbonyl (C=O) groups is 2. The third-order valence-corrected chi connectivity index (χ3v) is 3.35. The lowest BCUT2D eigenvalue weighted by Gasteiger charge is -2.38. The van der Waals surface area contributed by atoms with Crippen LogP contribution in [0.1, 0.15) is 46.5 Å². The molecule has 4 heteroatoms. The molecule has 0 radical (unpaired) electrons. The second kappa shape index (κ2) is 8.73. The highest BCUT2D eigenvalue weighted by Crippen LogP contribution is 2.40. The molecule has 0 spiro atoms. The monoisotopic (exact) mass is 270 g/mol. The van der Waals surface area contributed by atoms with Gasteiger partial charge in [-0.3, -0.25) is 9.59 Å². The third kappa shape index (κ3) is 6.99. The van der Waals surface area contributed by atoms with Crippen LogP contribution in [0.4, 0.5) is 0 Å². The highest BCUT2D eigenvalue weighted by atomic mass is 16.5. The van der Waals surface area contributed by atoms with Crippen molar-refractivity contribution in [2.24, 2.45) is 11.3 Å². The smallest absolute Gasteiger partial charge is 0.302 e. The van der Waals surface area contributed by atoms with Crippen molar-refractivity contribution in [1.29, 1.82) is 0 Å². The van der Waals surface area contributed by atoms with Crippen LogP contribution in [0.2, 0.25) is 0 Å². The summed E-state index contributed by atoms with van der Waals surface area (Å²) in [5.74, 6) is 0.0470. The predicted molar refractivity (Wildman–Crippen MR) is 74.6 cm³/mol. The average molecular weight is 270 g/mol. The maximum absolute atomic E-state index is 10.9. The van der Waals surface area contributed by atoms with E-state index in [2.05, 4.69) is 20.1 Å². The number of ether oxygens (including phenoxy) is 2. The fourth-order valence-corrected chi connectivity index (χ4v) is 2.58. The molecule has 4 nitrogen and oxygen atoms in total. The van der Waals surface area contributed by atoms with Crippen molar-refractivity contribution < 1.29 is 19.1 Å². The van der Waals surface area contributed by atoms with Gasteiger partial charge in [0.05, 0.1) is 0 Å². The van der Waals surface area contributed by atoms with E-state index in [0.29, 0.717) is 19.1 Å². The Hall–Kier alpha value is -1.32. The minimum Gasteiger partial charge on any atom is -0.465 e. The van der Waals surface area contributed by atoms with Gasteiger partial charge < -0.3 is 9.47 Å². The molecule has 110 valence electrons. The molecule has 1 fully saturated rings. The van der Waals surface area contributed by atoms with Gasteiger partial charge in [-0.05, 0) is 18.8 Å². The van der Waals surface area contributed by atoms with Gasteiger partial charge >= 0.3 is 11.9 Å². The van der Waals surface area contributed by atoms with E-state index < -0.39 is 0 Å². The maximum Gasteiger partial charge on any atom is 0.302 e. The normalized spacial score (nSPS) is 20.7. The second-order valence-electron chi connectivity index (χ2n) is 5.26. The van der Waals surface area contributed by atoms with Crippen molar-refractivity contribution in [2.45, 2.75) is 46.5 Å². The lowest BCUT2D eigenvalue weighted by Crippen LogP contribution is -2.38. The van der Waals surface area contributed by atoms with E-state index in [1.165, 1.54) is 20.3 Å². The zero-order chi connectivity index (χ0) is 14.9. The van der Waals surface area contributed by atoms with E-state index in [4.69, 9.17) is 9.47 Å². The van der Waals surface area contributed by atoms with Crippen LogP contribution in [0.3, 0.4) is 0 Å². The zero-order valence-electron chi connectivity index (χ0n) is 12.4. The Labute approximate surface area is 116 Å². The fourth-order valence-electron chi connectivity index (χ4n) is 2.58. The first kappa shape index (κ1) is 17.7. The molecule has 0 aliphatic heterocycles. The first-order chi connectivity index (χ1) is 8.93. The van der Waals surface area contributed by atoms with E-state index in [-0.39, 0.29) is 17.4 Å². The van der Waals surface area contributed by atoms with Crippen LogP contribution < -0.4 is 0 Å². The molecule has 0 N–H and O–H groups in total. The standard InChI is InChI=1S/C13H22O4.C2H4/c1-10-5-4-6-13(7-10,8-16-11(2)14)9-17-12(3)15;1-2/h10H,4-9H2,1-3H3;1-2H2/t10-;/m1./s1. The summed E-state index contributed by atoms with van der Waals surface area (Å²) in [7, 11) is 0. The summed E-state index contributed by atoms with van der Waals surface area (Å²) in [6, 6.07) is 0. The molecule has 1 aliphatic carbocycles. The molecule has 0 heterocycles. The Balaban J connectivity index is 0.00000154. The van der Waals surface area contributed by atoms with Gasteiger partial charge in [-0.25, -0.2) is 0 Å². The molecule has 0 aromatic carbocycles. The topological polar surface area (TPSA) is 52.6 Å². The van der Waals surface area contributed by atoms with Crippen LogP contribution in [0.5, 0.6) is 0 Å². The highest BCUT2D eigenvalue weighted by molar-refractivity contribution is 5.66. The quantitative estimate of drug-likeness (QED) is 0.582. The summed E-state index contributed by atoms with van der Waals surface area (Å²) in [5, 5.41) is 0. The molecule has 0 unspecified atom stereocenters. The first-order valence-electron chi connectivity index (χ1n) is 6.70. The van der Waals surface area contributed by atoms with Crippen LogP contribution >= 0.6 is 0 Å². The molecule has 1 saturated carbocycles. The van der Waals surface area contributed by atoms with E-state index >= 15 is 0 Å². The largest absolute Gasteiger partial charge is 0.465 e. The van der Waals surface area contributed by atoms with Crippen LogP contribution in [-0.4, -0.2) is 25.2 Å². The van der Waals surface area contributed by atoms with Gasteiger partial charge in [-0.2, -0.15) is 0 Å². The van der Waals surface area contributed by atoms with E-state index in [1.54, 1.807) is 0 Å². The van der Waals surface area contributed by atoms with Crippen molar-refractivity contribution in [3.8, 4) is 0 Å². The molecule has 0 aromatic heterocycles. The fraction of sp³-hybridized carbons (Fsp3) is 0.733. The van der Waals surface area contributed by atoms with Gasteiger partial charge in [-0.1, -0.05) is 19.8 Å². The molecule has 19 heavy (non-hydrogen) atoms. The van der Waals surface area contributed by atoms with Crippen molar-refractivity contribution in [1.82, 2.24) is 0 Å². The maximum atomic E-state index is 10.9. The van der Waals surface area contributed by atoms with Gasteiger partial charge in [0.25, 0.3) is 0 Å². The van der Waals surface area contributed by atoms with Crippen molar-refractivity contribution in [2.75, 3.05) is 13.2 Å². The average Bonchev–Trinajstić information content (AvgIpc) is 2.37. The lowest BCUT2D eigenvalue weighted by atomic mass is 9.71. The van der Waals surface area contributed by atoms with Gasteiger partial charge in [0.15, 0.2) is 0 Å². The summed E-state index contributed by atoms with van der Waals surface area (Å²) in [5.41, 5.74) is -0.172. The number of esters is 2. The number of hydrogen-bond donors (Lipinski definition) is 0. The Morgan fingerprint density at radius 3 is 2.00 bits per heavy atom. The van der Waals surface area contributed by atoms with E-state index in [1.807, 2.05) is 0 Å². The summed E-state index contributed by atoms with van der Waals surface area (Å²) in [6.07, 6.45) is 4.21. The van der Waals surface area contributed by atoms with Gasteiger partial charge in [0.2, 0.25) is 0 Å². The molecule has 1 atom stereocenters. The molecule has 0 aromatic rings. The van der Waals surface area contributed by atoms with Crippen molar-refractivity contribution >= 4 is 11.9 Å². The Bertz CT molecular complexity index is 281. The SMILES string of the molecule is C=C.CC(=O)OCC1(COC(C)=O)CCC[C@@H](C)C1. The molecule has 0 amide bonds. The van der Waals surface area contributed by atoms with Gasteiger partial charge in [-0.15, -0.1) is 13.2 Å². The molecule has 0 bridgehead atoms. The molecule has 0 saturated heterocycles. The third-order valence-electron chi connectivity index (χ3n) is 3.35. The first-order valence-corrected chi connectivity index (χ1v) is 6.70. The molecular formula is C15H26O4. The Morgan fingerprint density at radius 1 is 1.16 bits per heavy atom. The van der Waals surface area contributed by atoms with Crippen LogP contribution in [-0.2, 0) is 19.1 Å². The second-order valence-corrected chi connectivity index (χ2v) is 5.26. The summed E-state index contributed by atoms with van der Waals surface area (Å²) >= 11 is 0. The summed E-state index contributed by atoms with van der Waals surface area (Å²) < 4.78 is 10.3. The Morgan fingerprint density at radius 2 is 1.63 bits per heavy atom. The number of hydrogen-bond acceptors (Lipinski definition) is 4. The number of rotatable bonds is 4. The van der Waals surface area contributed by atoms with Crippen LogP contribution in [0.15, 0.2) is 13.2 Å². The van der Waals surface area contributed by atoms with Crippen molar-refractivity contribution in [3.63, 3.8) is 0 Å². The van der Waals surface area contributed by atoms with E-state index in [0.717, 1.165) is 19.3 Å². The zero-order valence-corrected chi connectivity index (χ0v) is 12.4. The molecule has 1 aliphatic rings. The minimum absolute atomic E-state index is 0.172. The summed E-state index contributed by atoms with van der Waals surface area (Å²) in [6.45, 7) is 11.7. The molecule has 1 rings (SSSR count). The Kier molecular flexibility index (Phi) is 8.12. The predicted octanol–water partition coefficient (Wildman–Crippen LogP) is 3.11. The van der Waals surface area contributed by atoms with Crippen molar-refractivity contribution in [3.05, 3.63) is 13.2 Å². The van der Waals surface area contributed by atoms with Crippen LogP contribution in [0, 0.1) is 11.3 Å². The lowest BCUT2D eigenvalue weighted by molar-refractivity contribution is -0.154. The number of carbonyl (C=O) groups excluding carboxylic acids is 2. The summed E-state index contributed by atoms with van der Waals surface area (Å²) in [4.78, 5) is 21.8. The minimum atomic E-state index is -0.273. The van der Waals surface area contributed by atoms with E-state index in [9.17, 15) is 9.59 Å². The molecular weight excluding hydrogens is 244 g/mol. The van der Waals surface area contributed by atoms with Gasteiger partial charge in [0, 0.05) is 19.3 Å². The van der Waals surface area contributed by atoms with Crippen LogP contribution in [0.25, 0.3) is 0 Å².